The first-order valence-corrected chi connectivity index (χ1v) is 6.92. The van der Waals surface area contributed by atoms with E-state index in [4.69, 9.17) is 16.3 Å². The van der Waals surface area contributed by atoms with Crippen LogP contribution in [0.2, 0.25) is 0 Å². The van der Waals surface area contributed by atoms with Gasteiger partial charge in [-0.15, -0.1) is 16.7 Å². The maximum atomic E-state index is 5.66. The molecule has 2 aromatic rings. The van der Waals surface area contributed by atoms with Gasteiger partial charge in [-0.05, 0) is 36.1 Å². The van der Waals surface area contributed by atoms with Crippen molar-refractivity contribution in [2.45, 2.75) is 32.1 Å². The number of benzene rings is 1. The Hall–Kier alpha value is -1.61. The molecule has 0 saturated heterocycles. The predicted octanol–water partition coefficient (Wildman–Crippen LogP) is 4.52. The van der Waals surface area contributed by atoms with Crippen molar-refractivity contribution in [3.05, 3.63) is 47.7 Å². The van der Waals surface area contributed by atoms with Crippen molar-refractivity contribution in [3.63, 3.8) is 0 Å². The van der Waals surface area contributed by atoms with E-state index in [9.17, 15) is 0 Å². The first-order chi connectivity index (χ1) is 9.22. The lowest BCUT2D eigenvalue weighted by molar-refractivity contribution is 0.454. The second kappa shape index (κ2) is 6.53. The van der Waals surface area contributed by atoms with Gasteiger partial charge in [0, 0.05) is 6.07 Å². The zero-order valence-electron chi connectivity index (χ0n) is 11.1. The molecule has 19 heavy (non-hydrogen) atoms. The van der Waals surface area contributed by atoms with Crippen molar-refractivity contribution >= 4 is 11.6 Å². The third kappa shape index (κ3) is 3.67. The fraction of sp³-hybridized carbons (Fsp3) is 0.333. The van der Waals surface area contributed by atoms with Gasteiger partial charge in [0.15, 0.2) is 0 Å². The molecule has 0 radical (unpaired) electrons. The Bertz CT molecular complexity index is 511. The molecule has 1 aromatic heterocycles. The van der Waals surface area contributed by atoms with E-state index in [1.165, 1.54) is 5.56 Å². The van der Waals surface area contributed by atoms with Gasteiger partial charge in [-0.1, -0.05) is 26.0 Å². The molecule has 0 aliphatic carbocycles. The van der Waals surface area contributed by atoms with Crippen LogP contribution < -0.4 is 4.74 Å². The van der Waals surface area contributed by atoms with E-state index >= 15 is 0 Å². The number of alkyl halides is 1. The lowest BCUT2D eigenvalue weighted by Gasteiger charge is -2.10. The number of rotatable bonds is 5. The molecular weight excluding hydrogens is 260 g/mol. The summed E-state index contributed by atoms with van der Waals surface area (Å²) in [5, 5.41) is 7.91. The van der Waals surface area contributed by atoms with Crippen molar-refractivity contribution in [1.29, 1.82) is 0 Å². The van der Waals surface area contributed by atoms with Gasteiger partial charge in [0.2, 0.25) is 5.88 Å². The van der Waals surface area contributed by atoms with Crippen LogP contribution in [0.5, 0.6) is 11.6 Å². The maximum absolute atomic E-state index is 5.66. The van der Waals surface area contributed by atoms with E-state index < -0.39 is 0 Å². The van der Waals surface area contributed by atoms with Crippen LogP contribution in [0.15, 0.2) is 36.4 Å². The highest BCUT2D eigenvalue weighted by Crippen LogP contribution is 2.24. The summed E-state index contributed by atoms with van der Waals surface area (Å²) in [4.78, 5) is 0. The van der Waals surface area contributed by atoms with E-state index in [1.807, 2.05) is 18.2 Å². The van der Waals surface area contributed by atoms with Crippen LogP contribution in [0.25, 0.3) is 0 Å². The molecule has 2 rings (SSSR count). The van der Waals surface area contributed by atoms with Crippen LogP contribution in [0, 0.1) is 0 Å². The molecule has 1 aromatic carbocycles. The average Bonchev–Trinajstić information content (AvgIpc) is 2.48. The van der Waals surface area contributed by atoms with Gasteiger partial charge in [-0.3, -0.25) is 0 Å². The van der Waals surface area contributed by atoms with E-state index in [0.29, 0.717) is 17.7 Å². The first-order valence-electron chi connectivity index (χ1n) is 6.39. The largest absolute Gasteiger partial charge is 0.438 e. The van der Waals surface area contributed by atoms with Gasteiger partial charge in [0.25, 0.3) is 0 Å². The molecule has 1 unspecified atom stereocenters. The molecule has 3 nitrogen and oxygen atoms in total. The molecule has 4 heteroatoms. The molecule has 0 fully saturated rings. The molecule has 1 heterocycles. The molecule has 0 amide bonds. The number of ether oxygens (including phenoxy) is 1. The Labute approximate surface area is 118 Å². The normalized spacial score (nSPS) is 12.2. The molecule has 1 atom stereocenters. The molecule has 100 valence electrons. The summed E-state index contributed by atoms with van der Waals surface area (Å²) in [6.45, 7) is 4.40. The lowest BCUT2D eigenvalue weighted by Crippen LogP contribution is -1.94. The summed E-state index contributed by atoms with van der Waals surface area (Å²) in [6.07, 6.45) is 1.13. The zero-order valence-corrected chi connectivity index (χ0v) is 11.9. The van der Waals surface area contributed by atoms with E-state index in [2.05, 4.69) is 36.2 Å². The Morgan fingerprint density at radius 2 is 1.84 bits per heavy atom. The second-order valence-corrected chi connectivity index (χ2v) is 4.74. The highest BCUT2D eigenvalue weighted by Gasteiger charge is 2.04. The zero-order chi connectivity index (χ0) is 13.7. The van der Waals surface area contributed by atoms with Crippen LogP contribution in [0.1, 0.15) is 37.4 Å². The summed E-state index contributed by atoms with van der Waals surface area (Å²) >= 11 is 5.66. The van der Waals surface area contributed by atoms with Gasteiger partial charge in [-0.2, -0.15) is 5.10 Å². The Morgan fingerprint density at radius 3 is 2.37 bits per heavy atom. The van der Waals surface area contributed by atoms with E-state index in [-0.39, 0.29) is 0 Å². The minimum absolute atomic E-state index is 0.358. The quantitative estimate of drug-likeness (QED) is 0.753. The number of nitrogens with zero attached hydrogens (tertiary/aromatic N) is 2. The van der Waals surface area contributed by atoms with Crippen molar-refractivity contribution in [1.82, 2.24) is 10.2 Å². The smallest absolute Gasteiger partial charge is 0.238 e. The van der Waals surface area contributed by atoms with Gasteiger partial charge >= 0.3 is 0 Å². The molecule has 0 saturated carbocycles. The first kappa shape index (κ1) is 13.8. The SMILES string of the molecule is CCC(C)c1ccc(Oc2ccc(CCl)nn2)cc1. The van der Waals surface area contributed by atoms with Crippen LogP contribution in [0.3, 0.4) is 0 Å². The van der Waals surface area contributed by atoms with Crippen LogP contribution in [-0.2, 0) is 5.88 Å². The molecule has 0 N–H and O–H groups in total. The maximum Gasteiger partial charge on any atom is 0.238 e. The van der Waals surface area contributed by atoms with Crippen molar-refractivity contribution in [2.24, 2.45) is 0 Å². The van der Waals surface area contributed by atoms with Gasteiger partial charge in [-0.25, -0.2) is 0 Å². The topological polar surface area (TPSA) is 35.0 Å². The Balaban J connectivity index is 2.06. The molecule has 0 aliphatic rings. The van der Waals surface area contributed by atoms with E-state index in [1.54, 1.807) is 6.07 Å². The lowest BCUT2D eigenvalue weighted by atomic mass is 9.99. The minimum atomic E-state index is 0.358. The molecule has 0 spiro atoms. The van der Waals surface area contributed by atoms with E-state index in [0.717, 1.165) is 17.9 Å². The Kier molecular flexibility index (Phi) is 4.74. The highest BCUT2D eigenvalue weighted by atomic mass is 35.5. The number of hydrogen-bond donors (Lipinski definition) is 0. The van der Waals surface area contributed by atoms with Gasteiger partial charge < -0.3 is 4.74 Å². The van der Waals surface area contributed by atoms with Gasteiger partial charge in [0.1, 0.15) is 5.75 Å². The van der Waals surface area contributed by atoms with Crippen LogP contribution in [0.4, 0.5) is 0 Å². The minimum Gasteiger partial charge on any atom is -0.438 e. The monoisotopic (exact) mass is 276 g/mol. The number of aromatic nitrogens is 2. The third-order valence-corrected chi connectivity index (χ3v) is 3.39. The number of hydrogen-bond acceptors (Lipinski definition) is 3. The summed E-state index contributed by atoms with van der Waals surface area (Å²) in [6, 6.07) is 11.7. The summed E-state index contributed by atoms with van der Waals surface area (Å²) in [7, 11) is 0. The standard InChI is InChI=1S/C15H17ClN2O/c1-3-11(2)12-4-7-14(8-5-12)19-15-9-6-13(10-16)17-18-15/h4-9,11H,3,10H2,1-2H3. The number of halogens is 1. The fourth-order valence-electron chi connectivity index (χ4n) is 1.69. The summed E-state index contributed by atoms with van der Waals surface area (Å²) in [5.41, 5.74) is 2.06. The summed E-state index contributed by atoms with van der Waals surface area (Å²) in [5.74, 6) is 2.17. The molecular formula is C15H17ClN2O. The molecule has 0 aliphatic heterocycles. The van der Waals surface area contributed by atoms with Crippen molar-refractivity contribution in [2.75, 3.05) is 0 Å². The van der Waals surface area contributed by atoms with Crippen LogP contribution in [-0.4, -0.2) is 10.2 Å². The summed E-state index contributed by atoms with van der Waals surface area (Å²) < 4.78 is 5.63. The fourth-order valence-corrected chi connectivity index (χ4v) is 1.84. The van der Waals surface area contributed by atoms with Gasteiger partial charge in [0.05, 0.1) is 11.6 Å². The second-order valence-electron chi connectivity index (χ2n) is 4.48. The Morgan fingerprint density at radius 1 is 1.11 bits per heavy atom. The predicted molar refractivity (Wildman–Crippen MR) is 76.8 cm³/mol. The van der Waals surface area contributed by atoms with Crippen molar-refractivity contribution < 1.29 is 4.74 Å². The van der Waals surface area contributed by atoms with Crippen LogP contribution >= 0.6 is 11.6 Å². The molecule has 0 bridgehead atoms. The third-order valence-electron chi connectivity index (χ3n) is 3.12. The highest BCUT2D eigenvalue weighted by molar-refractivity contribution is 6.16. The van der Waals surface area contributed by atoms with Crippen molar-refractivity contribution in [3.8, 4) is 11.6 Å². The average molecular weight is 277 g/mol.